The minimum atomic E-state index is 0.460. The molecule has 2 aromatic rings. The highest BCUT2D eigenvalue weighted by atomic mass is 79.9. The van der Waals surface area contributed by atoms with Gasteiger partial charge in [-0.1, -0.05) is 51.8 Å². The van der Waals surface area contributed by atoms with Crippen LogP contribution in [0.3, 0.4) is 0 Å². The van der Waals surface area contributed by atoms with Crippen LogP contribution in [0.1, 0.15) is 29.2 Å². The molecule has 0 bridgehead atoms. The molecule has 0 saturated carbocycles. The molecule has 0 amide bonds. The molecule has 3 heteroatoms. The predicted octanol–water partition coefficient (Wildman–Crippen LogP) is 4.88. The van der Waals surface area contributed by atoms with Crippen LogP contribution in [0.4, 0.5) is 0 Å². The van der Waals surface area contributed by atoms with E-state index in [1.165, 1.54) is 29.5 Å². The predicted molar refractivity (Wildman–Crippen MR) is 83.5 cm³/mol. The molecule has 1 unspecified atom stereocenters. The van der Waals surface area contributed by atoms with Gasteiger partial charge in [0.25, 0.3) is 0 Å². The van der Waals surface area contributed by atoms with Crippen LogP contribution in [0.5, 0.6) is 0 Å². The number of hydrogen-bond acceptors (Lipinski definition) is 1. The average Bonchev–Trinajstić information content (AvgIpc) is 2.83. The Morgan fingerprint density at radius 3 is 2.95 bits per heavy atom. The molecule has 1 aliphatic rings. The fraction of sp³-hybridized carbons (Fsp3) is 0.250. The highest BCUT2D eigenvalue weighted by Crippen LogP contribution is 2.31. The molecule has 98 valence electrons. The molecule has 1 aliphatic carbocycles. The maximum absolute atomic E-state index is 6.04. The lowest BCUT2D eigenvalue weighted by Gasteiger charge is -2.15. The summed E-state index contributed by atoms with van der Waals surface area (Å²) in [5.74, 6) is 0. The molecule has 0 saturated heterocycles. The van der Waals surface area contributed by atoms with Gasteiger partial charge < -0.3 is 5.32 Å². The van der Waals surface area contributed by atoms with Gasteiger partial charge >= 0.3 is 0 Å². The van der Waals surface area contributed by atoms with Crippen molar-refractivity contribution in [3.05, 3.63) is 68.7 Å². The van der Waals surface area contributed by atoms with Crippen molar-refractivity contribution in [2.75, 3.05) is 0 Å². The molecule has 0 radical (unpaired) electrons. The Hall–Kier alpha value is -0.830. The van der Waals surface area contributed by atoms with Crippen molar-refractivity contribution < 1.29 is 0 Å². The average molecular weight is 337 g/mol. The maximum Gasteiger partial charge on any atom is 0.0410 e. The van der Waals surface area contributed by atoms with E-state index in [1.807, 2.05) is 18.2 Å². The fourth-order valence-electron chi connectivity index (χ4n) is 2.68. The lowest BCUT2D eigenvalue weighted by Crippen LogP contribution is -2.18. The summed E-state index contributed by atoms with van der Waals surface area (Å²) in [6.07, 6.45) is 2.35. The van der Waals surface area contributed by atoms with Crippen LogP contribution in [-0.2, 0) is 13.0 Å². The minimum Gasteiger partial charge on any atom is -0.306 e. The summed E-state index contributed by atoms with van der Waals surface area (Å²) >= 11 is 9.62. The van der Waals surface area contributed by atoms with Gasteiger partial charge in [0.1, 0.15) is 0 Å². The summed E-state index contributed by atoms with van der Waals surface area (Å²) < 4.78 is 1.11. The summed E-state index contributed by atoms with van der Waals surface area (Å²) in [4.78, 5) is 0. The van der Waals surface area contributed by atoms with Crippen molar-refractivity contribution >= 4 is 27.5 Å². The first-order valence-electron chi connectivity index (χ1n) is 6.49. The third kappa shape index (κ3) is 2.86. The molecule has 1 N–H and O–H groups in total. The first kappa shape index (κ1) is 13.2. The van der Waals surface area contributed by atoms with Crippen molar-refractivity contribution in [1.82, 2.24) is 5.32 Å². The zero-order chi connectivity index (χ0) is 13.2. The van der Waals surface area contributed by atoms with Crippen LogP contribution in [0.25, 0.3) is 0 Å². The van der Waals surface area contributed by atoms with Gasteiger partial charge in [0, 0.05) is 22.1 Å². The Kier molecular flexibility index (Phi) is 3.92. The molecule has 1 nitrogen and oxygen atoms in total. The second kappa shape index (κ2) is 5.66. The summed E-state index contributed by atoms with van der Waals surface area (Å²) in [6, 6.07) is 15.1. The lowest BCUT2D eigenvalue weighted by atomic mass is 10.1. The van der Waals surface area contributed by atoms with E-state index in [-0.39, 0.29) is 0 Å². The molecule has 0 aliphatic heterocycles. The summed E-state index contributed by atoms with van der Waals surface area (Å²) in [5, 5.41) is 4.42. The number of aryl methyl sites for hydroxylation is 1. The van der Waals surface area contributed by atoms with Gasteiger partial charge in [-0.3, -0.25) is 0 Å². The van der Waals surface area contributed by atoms with E-state index in [0.29, 0.717) is 6.04 Å². The molecule has 0 fully saturated rings. The summed E-state index contributed by atoms with van der Waals surface area (Å²) in [7, 11) is 0. The Bertz CT molecular complexity index is 597. The van der Waals surface area contributed by atoms with Crippen LogP contribution >= 0.6 is 27.5 Å². The van der Waals surface area contributed by atoms with Crippen LogP contribution < -0.4 is 5.32 Å². The van der Waals surface area contributed by atoms with E-state index in [1.54, 1.807) is 0 Å². The second-order valence-electron chi connectivity index (χ2n) is 4.91. The van der Waals surface area contributed by atoms with E-state index in [0.717, 1.165) is 16.0 Å². The molecule has 1 atom stereocenters. The normalized spacial score (nSPS) is 17.5. The van der Waals surface area contributed by atoms with E-state index in [9.17, 15) is 0 Å². The number of nitrogens with one attached hydrogen (secondary N) is 1. The molecular formula is C16H15BrClN. The molecule has 19 heavy (non-hydrogen) atoms. The Morgan fingerprint density at radius 2 is 2.05 bits per heavy atom. The van der Waals surface area contributed by atoms with Crippen LogP contribution in [-0.4, -0.2) is 0 Å². The van der Waals surface area contributed by atoms with Gasteiger partial charge in [-0.25, -0.2) is 0 Å². The molecule has 0 heterocycles. The minimum absolute atomic E-state index is 0.460. The second-order valence-corrected chi connectivity index (χ2v) is 6.20. The quantitative estimate of drug-likeness (QED) is 0.842. The zero-order valence-corrected chi connectivity index (χ0v) is 12.8. The highest BCUT2D eigenvalue weighted by molar-refractivity contribution is 9.10. The van der Waals surface area contributed by atoms with E-state index < -0.39 is 0 Å². The molecule has 0 spiro atoms. The molecule has 2 aromatic carbocycles. The van der Waals surface area contributed by atoms with Crippen LogP contribution in [0, 0.1) is 0 Å². The van der Waals surface area contributed by atoms with E-state index >= 15 is 0 Å². The van der Waals surface area contributed by atoms with Crippen molar-refractivity contribution in [3.8, 4) is 0 Å². The number of fused-ring (bicyclic) bond motifs is 1. The summed E-state index contributed by atoms with van der Waals surface area (Å²) in [5.41, 5.74) is 4.13. The Labute approximate surface area is 127 Å². The first-order chi connectivity index (χ1) is 9.24. The van der Waals surface area contributed by atoms with E-state index in [2.05, 4.69) is 45.5 Å². The largest absolute Gasteiger partial charge is 0.306 e. The molecule has 3 rings (SSSR count). The molecular weight excluding hydrogens is 322 g/mol. The topological polar surface area (TPSA) is 12.0 Å². The number of hydrogen-bond donors (Lipinski definition) is 1. The van der Waals surface area contributed by atoms with Gasteiger partial charge in [-0.05, 0) is 47.7 Å². The van der Waals surface area contributed by atoms with Crippen molar-refractivity contribution in [1.29, 1.82) is 0 Å². The number of benzene rings is 2. The van der Waals surface area contributed by atoms with Crippen LogP contribution in [0.2, 0.25) is 5.02 Å². The van der Waals surface area contributed by atoms with Gasteiger partial charge in [0.15, 0.2) is 0 Å². The lowest BCUT2D eigenvalue weighted by molar-refractivity contribution is 0.529. The van der Waals surface area contributed by atoms with Gasteiger partial charge in [-0.2, -0.15) is 0 Å². The summed E-state index contributed by atoms with van der Waals surface area (Å²) in [6.45, 7) is 0.833. The zero-order valence-electron chi connectivity index (χ0n) is 10.5. The monoisotopic (exact) mass is 335 g/mol. The first-order valence-corrected chi connectivity index (χ1v) is 7.66. The van der Waals surface area contributed by atoms with Crippen LogP contribution in [0.15, 0.2) is 46.9 Å². The van der Waals surface area contributed by atoms with Gasteiger partial charge in [0.2, 0.25) is 0 Å². The van der Waals surface area contributed by atoms with E-state index in [4.69, 9.17) is 11.6 Å². The third-order valence-electron chi connectivity index (χ3n) is 3.68. The Balaban J connectivity index is 1.72. The SMILES string of the molecule is Clc1ccc(Br)c(CNC2CCc3ccccc32)c1. The smallest absolute Gasteiger partial charge is 0.0410 e. The maximum atomic E-state index is 6.04. The standard InChI is InChI=1S/C16H15BrClN/c17-15-7-6-13(18)9-12(15)10-19-16-8-5-11-3-1-2-4-14(11)16/h1-4,6-7,9,16,19H,5,8,10H2. The number of halogens is 2. The highest BCUT2D eigenvalue weighted by Gasteiger charge is 2.21. The van der Waals surface area contributed by atoms with Crippen molar-refractivity contribution in [2.45, 2.75) is 25.4 Å². The van der Waals surface area contributed by atoms with Crippen molar-refractivity contribution in [3.63, 3.8) is 0 Å². The molecule has 0 aromatic heterocycles. The fourth-order valence-corrected chi connectivity index (χ4v) is 3.26. The number of rotatable bonds is 3. The van der Waals surface area contributed by atoms with Gasteiger partial charge in [-0.15, -0.1) is 0 Å². The van der Waals surface area contributed by atoms with Crippen molar-refractivity contribution in [2.24, 2.45) is 0 Å². The van der Waals surface area contributed by atoms with Gasteiger partial charge in [0.05, 0.1) is 0 Å². The third-order valence-corrected chi connectivity index (χ3v) is 4.69. The Morgan fingerprint density at radius 1 is 1.21 bits per heavy atom.